The lowest BCUT2D eigenvalue weighted by molar-refractivity contribution is 0.120. The number of benzene rings is 1. The van der Waals surface area contributed by atoms with Crippen LogP contribution >= 0.6 is 11.3 Å². The van der Waals surface area contributed by atoms with Crippen LogP contribution in [0.2, 0.25) is 0 Å². The van der Waals surface area contributed by atoms with E-state index in [1.165, 1.54) is 0 Å². The molecule has 0 radical (unpaired) electrons. The summed E-state index contributed by atoms with van der Waals surface area (Å²) in [6.07, 6.45) is 4.83. The van der Waals surface area contributed by atoms with Crippen molar-refractivity contribution in [2.75, 3.05) is 37.5 Å². The number of nitrogens with two attached hydrogens (primary N) is 1. The van der Waals surface area contributed by atoms with Crippen molar-refractivity contribution in [2.45, 2.75) is 51.6 Å². The summed E-state index contributed by atoms with van der Waals surface area (Å²) < 4.78 is 16.1. The summed E-state index contributed by atoms with van der Waals surface area (Å²) in [5, 5.41) is 7.60. The number of hydrogen-bond acceptors (Lipinski definition) is 10. The second-order valence-electron chi connectivity index (χ2n) is 8.94. The number of nitrogens with one attached hydrogen (secondary N) is 2. The van der Waals surface area contributed by atoms with Crippen LogP contribution in [0.5, 0.6) is 5.75 Å². The second kappa shape index (κ2) is 12.8. The van der Waals surface area contributed by atoms with Crippen LogP contribution in [-0.4, -0.2) is 54.0 Å². The number of rotatable bonds is 12. The molecule has 0 aliphatic carbocycles. The van der Waals surface area contributed by atoms with Crippen LogP contribution < -0.4 is 21.1 Å². The first-order chi connectivity index (χ1) is 18.0. The predicted molar refractivity (Wildman–Crippen MR) is 145 cm³/mol. The second-order valence-corrected chi connectivity index (χ2v) is 9.93. The van der Waals surface area contributed by atoms with E-state index in [0.717, 1.165) is 65.1 Å². The topological polar surface area (TPSA) is 134 Å². The monoisotopic (exact) mass is 526 g/mol. The van der Waals surface area contributed by atoms with Gasteiger partial charge in [-0.2, -0.15) is 0 Å². The van der Waals surface area contributed by atoms with Gasteiger partial charge in [0, 0.05) is 32.1 Å². The lowest BCUT2D eigenvalue weighted by Gasteiger charge is -2.12. The molecular weight excluding hydrogens is 492 g/mol. The van der Waals surface area contributed by atoms with Gasteiger partial charge < -0.3 is 30.6 Å². The quantitative estimate of drug-likeness (QED) is 0.295. The standard InChI is InChI=1S/C26H34N6O4S/c1-4-16(2)22-23(37-26(32-22)29-15-19-6-5-12-35-19)20-9-11-28-25(31-20)30-18-7-8-21(36-24(27)33)17(14-18)10-13-34-3/h7-9,11,14,16,19H,4-6,10,12-13,15H2,1-3H3,(H2,27,33)(H,29,32)(H,28,30,31). The minimum absolute atomic E-state index is 0.239. The summed E-state index contributed by atoms with van der Waals surface area (Å²) in [5.74, 6) is 1.14. The molecule has 0 saturated carbocycles. The summed E-state index contributed by atoms with van der Waals surface area (Å²) >= 11 is 1.60. The normalized spacial score (nSPS) is 15.9. The molecule has 37 heavy (non-hydrogen) atoms. The molecule has 1 aliphatic heterocycles. The molecule has 0 bridgehead atoms. The summed E-state index contributed by atoms with van der Waals surface area (Å²) in [5.41, 5.74) is 8.58. The SMILES string of the molecule is CCC(C)c1nc(NCC2CCCO2)sc1-c1ccnc(Nc2ccc(OC(N)=O)c(CCOC)c2)n1. The number of ether oxygens (including phenoxy) is 3. The molecule has 11 heteroatoms. The molecule has 2 aromatic heterocycles. The molecular formula is C26H34N6O4S. The van der Waals surface area contributed by atoms with E-state index in [4.69, 9.17) is 29.9 Å². The van der Waals surface area contributed by atoms with Gasteiger partial charge in [0.1, 0.15) is 5.75 Å². The van der Waals surface area contributed by atoms with Crippen molar-refractivity contribution < 1.29 is 19.0 Å². The van der Waals surface area contributed by atoms with Crippen molar-refractivity contribution in [3.8, 4) is 16.3 Å². The Labute approximate surface area is 221 Å². The molecule has 0 spiro atoms. The largest absolute Gasteiger partial charge is 0.410 e. The first-order valence-electron chi connectivity index (χ1n) is 12.5. The Morgan fingerprint density at radius 2 is 2.19 bits per heavy atom. The molecule has 4 rings (SSSR count). The van der Waals surface area contributed by atoms with E-state index in [-0.39, 0.29) is 12.0 Å². The lowest BCUT2D eigenvalue weighted by Crippen LogP contribution is -2.18. The zero-order valence-electron chi connectivity index (χ0n) is 21.5. The molecule has 2 atom stereocenters. The Hall–Kier alpha value is -3.28. The van der Waals surface area contributed by atoms with Gasteiger partial charge in [-0.05, 0) is 61.4 Å². The van der Waals surface area contributed by atoms with Crippen molar-refractivity contribution in [1.29, 1.82) is 0 Å². The van der Waals surface area contributed by atoms with E-state index in [9.17, 15) is 4.79 Å². The van der Waals surface area contributed by atoms with Gasteiger partial charge in [-0.3, -0.25) is 0 Å². The third-order valence-electron chi connectivity index (χ3n) is 6.23. The van der Waals surface area contributed by atoms with Crippen molar-refractivity contribution in [2.24, 2.45) is 5.73 Å². The van der Waals surface area contributed by atoms with E-state index in [1.807, 2.05) is 12.1 Å². The minimum atomic E-state index is -0.860. The van der Waals surface area contributed by atoms with E-state index < -0.39 is 6.09 Å². The number of anilines is 3. The summed E-state index contributed by atoms with van der Waals surface area (Å²) in [6.45, 7) is 6.40. The van der Waals surface area contributed by atoms with Crippen LogP contribution in [-0.2, 0) is 15.9 Å². The summed E-state index contributed by atoms with van der Waals surface area (Å²) in [4.78, 5) is 26.4. The fraction of sp³-hybridized carbons (Fsp3) is 0.462. The Bertz CT molecular complexity index is 1200. The van der Waals surface area contributed by atoms with Gasteiger partial charge in [-0.25, -0.2) is 19.7 Å². The average Bonchev–Trinajstić information content (AvgIpc) is 3.57. The number of methoxy groups -OCH3 is 1. The Balaban J connectivity index is 1.56. The number of amides is 1. The van der Waals surface area contributed by atoms with Crippen molar-refractivity contribution >= 4 is 34.2 Å². The number of carbonyl (C=O) groups excluding carboxylic acids is 1. The first-order valence-corrected chi connectivity index (χ1v) is 13.3. The van der Waals surface area contributed by atoms with Crippen LogP contribution in [0.15, 0.2) is 30.5 Å². The number of primary amides is 1. The van der Waals surface area contributed by atoms with E-state index in [1.54, 1.807) is 36.8 Å². The molecule has 1 aromatic carbocycles. The third-order valence-corrected chi connectivity index (χ3v) is 7.28. The smallest absolute Gasteiger partial charge is 0.409 e. The molecule has 3 aromatic rings. The van der Waals surface area contributed by atoms with Gasteiger partial charge in [0.05, 0.1) is 29.0 Å². The van der Waals surface area contributed by atoms with Gasteiger partial charge in [0.15, 0.2) is 5.13 Å². The highest BCUT2D eigenvalue weighted by Gasteiger charge is 2.21. The average molecular weight is 527 g/mol. The maximum atomic E-state index is 11.3. The molecule has 1 saturated heterocycles. The zero-order chi connectivity index (χ0) is 26.2. The molecule has 10 nitrogen and oxygen atoms in total. The van der Waals surface area contributed by atoms with Gasteiger partial charge in [0.2, 0.25) is 5.95 Å². The highest BCUT2D eigenvalue weighted by atomic mass is 32.1. The molecule has 1 amide bonds. The molecule has 3 heterocycles. The maximum absolute atomic E-state index is 11.3. The number of aromatic nitrogens is 3. The Morgan fingerprint density at radius 3 is 2.92 bits per heavy atom. The maximum Gasteiger partial charge on any atom is 0.409 e. The van der Waals surface area contributed by atoms with E-state index in [0.29, 0.717) is 24.7 Å². The van der Waals surface area contributed by atoms with Crippen molar-refractivity contribution in [3.05, 3.63) is 41.7 Å². The lowest BCUT2D eigenvalue weighted by atomic mass is 10.0. The van der Waals surface area contributed by atoms with Gasteiger partial charge >= 0.3 is 6.09 Å². The van der Waals surface area contributed by atoms with Gasteiger partial charge in [-0.1, -0.05) is 25.2 Å². The van der Waals surface area contributed by atoms with Crippen LogP contribution in [0.3, 0.4) is 0 Å². The molecule has 1 aliphatic rings. The summed E-state index contributed by atoms with van der Waals surface area (Å²) in [7, 11) is 1.62. The minimum Gasteiger partial charge on any atom is -0.410 e. The highest BCUT2D eigenvalue weighted by molar-refractivity contribution is 7.19. The predicted octanol–water partition coefficient (Wildman–Crippen LogP) is 5.09. The highest BCUT2D eigenvalue weighted by Crippen LogP contribution is 2.37. The van der Waals surface area contributed by atoms with Gasteiger partial charge in [-0.15, -0.1) is 0 Å². The van der Waals surface area contributed by atoms with Crippen molar-refractivity contribution in [1.82, 2.24) is 15.0 Å². The molecule has 1 fully saturated rings. The fourth-order valence-corrected chi connectivity index (χ4v) is 5.13. The van der Waals surface area contributed by atoms with Crippen LogP contribution in [0.4, 0.5) is 21.6 Å². The van der Waals surface area contributed by atoms with Gasteiger partial charge in [0.25, 0.3) is 0 Å². The molecule has 4 N–H and O–H groups in total. The number of thiazole rings is 1. The van der Waals surface area contributed by atoms with Crippen LogP contribution in [0.1, 0.15) is 50.3 Å². The first kappa shape index (κ1) is 26.8. The molecule has 198 valence electrons. The zero-order valence-corrected chi connectivity index (χ0v) is 22.3. The van der Waals surface area contributed by atoms with E-state index in [2.05, 4.69) is 29.5 Å². The van der Waals surface area contributed by atoms with Crippen LogP contribution in [0, 0.1) is 0 Å². The Morgan fingerprint density at radius 1 is 1.32 bits per heavy atom. The number of nitrogens with zero attached hydrogens (tertiary/aromatic N) is 3. The summed E-state index contributed by atoms with van der Waals surface area (Å²) in [6, 6.07) is 7.26. The third kappa shape index (κ3) is 7.15. The fourth-order valence-electron chi connectivity index (χ4n) is 4.07. The molecule has 2 unspecified atom stereocenters. The Kier molecular flexibility index (Phi) is 9.26. The number of hydrogen-bond donors (Lipinski definition) is 3. The van der Waals surface area contributed by atoms with E-state index >= 15 is 0 Å². The number of carbonyl (C=O) groups is 1. The van der Waals surface area contributed by atoms with Crippen LogP contribution in [0.25, 0.3) is 10.6 Å². The van der Waals surface area contributed by atoms with Crippen molar-refractivity contribution in [3.63, 3.8) is 0 Å².